The molecule has 1 N–H and O–H groups in total. The van der Waals surface area contributed by atoms with E-state index in [0.29, 0.717) is 5.56 Å². The Morgan fingerprint density at radius 3 is 2.38 bits per heavy atom. The first-order valence-electron chi connectivity index (χ1n) is 8.38. The Labute approximate surface area is 165 Å². The first kappa shape index (κ1) is 22.6. The van der Waals surface area contributed by atoms with Crippen molar-refractivity contribution in [1.82, 2.24) is 9.62 Å². The van der Waals surface area contributed by atoms with Crippen molar-refractivity contribution in [3.63, 3.8) is 0 Å². The molecule has 29 heavy (non-hydrogen) atoms. The molecule has 0 aliphatic rings. The Balaban J connectivity index is 2.08. The Hall–Kier alpha value is -2.66. The number of carbonyl (C=O) groups is 1. The van der Waals surface area contributed by atoms with Gasteiger partial charge in [-0.2, -0.15) is 4.31 Å². The van der Waals surface area contributed by atoms with Gasteiger partial charge in [-0.05, 0) is 29.8 Å². The van der Waals surface area contributed by atoms with Gasteiger partial charge in [0.25, 0.3) is 0 Å². The van der Waals surface area contributed by atoms with Gasteiger partial charge in [-0.15, -0.1) is 13.2 Å². The summed E-state index contributed by atoms with van der Waals surface area (Å²) in [5.74, 6) is -1.74. The minimum absolute atomic E-state index is 0.0611. The van der Waals surface area contributed by atoms with Crippen molar-refractivity contribution in [2.75, 3.05) is 13.1 Å². The summed E-state index contributed by atoms with van der Waals surface area (Å²) in [4.78, 5) is 11.7. The van der Waals surface area contributed by atoms with Gasteiger partial charge >= 0.3 is 6.36 Å². The van der Waals surface area contributed by atoms with E-state index in [2.05, 4.69) is 10.1 Å². The van der Waals surface area contributed by atoms with Crippen LogP contribution in [0.1, 0.15) is 12.5 Å². The number of nitrogens with one attached hydrogen (secondary N) is 1. The van der Waals surface area contributed by atoms with E-state index in [1.807, 2.05) is 0 Å². The highest BCUT2D eigenvalue weighted by Gasteiger charge is 2.32. The molecule has 6 nitrogen and oxygen atoms in total. The number of ether oxygens (including phenoxy) is 1. The van der Waals surface area contributed by atoms with Crippen molar-refractivity contribution in [2.24, 2.45) is 0 Å². The van der Waals surface area contributed by atoms with Crippen LogP contribution in [0.2, 0.25) is 0 Å². The average molecular weight is 434 g/mol. The van der Waals surface area contributed by atoms with Gasteiger partial charge < -0.3 is 10.1 Å². The van der Waals surface area contributed by atoms with Gasteiger partial charge in [0.1, 0.15) is 11.6 Å². The molecule has 158 valence electrons. The molecule has 0 aromatic heterocycles. The van der Waals surface area contributed by atoms with Gasteiger partial charge in [-0.25, -0.2) is 12.8 Å². The van der Waals surface area contributed by atoms with Crippen molar-refractivity contribution in [1.29, 1.82) is 0 Å². The predicted molar refractivity (Wildman–Crippen MR) is 95.8 cm³/mol. The summed E-state index contributed by atoms with van der Waals surface area (Å²) in [7, 11) is -4.24. The highest BCUT2D eigenvalue weighted by Crippen LogP contribution is 2.26. The number of hydrogen-bond acceptors (Lipinski definition) is 4. The Bertz CT molecular complexity index is 947. The Kier molecular flexibility index (Phi) is 7.20. The topological polar surface area (TPSA) is 75.7 Å². The number of rotatable bonds is 8. The van der Waals surface area contributed by atoms with Gasteiger partial charge in [0.2, 0.25) is 15.9 Å². The van der Waals surface area contributed by atoms with Gasteiger partial charge in [-0.1, -0.05) is 25.1 Å². The lowest BCUT2D eigenvalue weighted by atomic mass is 10.2. The van der Waals surface area contributed by atoms with Crippen LogP contribution in [0.4, 0.5) is 17.6 Å². The highest BCUT2D eigenvalue weighted by molar-refractivity contribution is 7.89. The summed E-state index contributed by atoms with van der Waals surface area (Å²) < 4.78 is 79.9. The van der Waals surface area contributed by atoms with E-state index in [9.17, 15) is 30.8 Å². The van der Waals surface area contributed by atoms with Gasteiger partial charge in [0, 0.05) is 19.2 Å². The molecule has 0 atom stereocenters. The zero-order valence-corrected chi connectivity index (χ0v) is 16.1. The molecule has 2 aromatic rings. The molecule has 0 fully saturated rings. The van der Waals surface area contributed by atoms with Crippen molar-refractivity contribution in [2.45, 2.75) is 24.7 Å². The molecule has 11 heteroatoms. The van der Waals surface area contributed by atoms with E-state index in [1.165, 1.54) is 31.2 Å². The maximum absolute atomic E-state index is 12.9. The number of alkyl halides is 3. The van der Waals surface area contributed by atoms with Crippen LogP contribution in [0.15, 0.2) is 53.4 Å². The molecule has 0 aliphatic carbocycles. The third-order valence-corrected chi connectivity index (χ3v) is 5.67. The van der Waals surface area contributed by atoms with Crippen LogP contribution in [0, 0.1) is 5.82 Å². The normalized spacial score (nSPS) is 12.1. The number of halogens is 4. The average Bonchev–Trinajstić information content (AvgIpc) is 2.64. The van der Waals surface area contributed by atoms with Crippen molar-refractivity contribution < 1.29 is 35.5 Å². The van der Waals surface area contributed by atoms with Crippen LogP contribution in [0.5, 0.6) is 5.75 Å². The molecule has 2 rings (SSSR count). The third-order valence-electron chi connectivity index (χ3n) is 3.75. The van der Waals surface area contributed by atoms with E-state index in [4.69, 9.17) is 0 Å². The molecular weight excluding hydrogens is 416 g/mol. The molecule has 0 saturated carbocycles. The summed E-state index contributed by atoms with van der Waals surface area (Å²) in [5.41, 5.74) is 0.614. The first-order chi connectivity index (χ1) is 13.5. The van der Waals surface area contributed by atoms with Crippen LogP contribution in [0.25, 0.3) is 0 Å². The van der Waals surface area contributed by atoms with Crippen molar-refractivity contribution >= 4 is 15.9 Å². The number of likely N-dealkylation sites (N-methyl/N-ethyl adjacent to an activating group) is 1. The standard InChI is InChI=1S/C18H18F4N2O4S/c1-2-24(12-17(25)23-11-13-6-8-14(19)9-7-13)29(26,27)16-5-3-4-15(10-16)28-18(20,21)22/h3-10H,2,11-12H2,1H3,(H,23,25). The number of sulfonamides is 1. The minimum atomic E-state index is -4.97. The minimum Gasteiger partial charge on any atom is -0.406 e. The largest absolute Gasteiger partial charge is 0.573 e. The van der Waals surface area contributed by atoms with E-state index >= 15 is 0 Å². The smallest absolute Gasteiger partial charge is 0.406 e. The fourth-order valence-corrected chi connectivity index (χ4v) is 3.81. The summed E-state index contributed by atoms with van der Waals surface area (Å²) in [6.07, 6.45) is -4.97. The van der Waals surface area contributed by atoms with Crippen LogP contribution >= 0.6 is 0 Å². The van der Waals surface area contributed by atoms with E-state index in [0.717, 1.165) is 28.6 Å². The molecule has 0 radical (unpaired) electrons. The second-order valence-electron chi connectivity index (χ2n) is 5.86. The fourth-order valence-electron chi connectivity index (χ4n) is 2.37. The zero-order valence-electron chi connectivity index (χ0n) is 15.2. The lowest BCUT2D eigenvalue weighted by Crippen LogP contribution is -2.40. The zero-order chi connectivity index (χ0) is 21.7. The second-order valence-corrected chi connectivity index (χ2v) is 7.80. The molecule has 1 amide bonds. The lowest BCUT2D eigenvalue weighted by molar-refractivity contribution is -0.274. The monoisotopic (exact) mass is 434 g/mol. The molecule has 0 spiro atoms. The molecule has 0 heterocycles. The summed E-state index contributed by atoms with van der Waals surface area (Å²) >= 11 is 0. The van der Waals surface area contributed by atoms with Crippen LogP contribution in [-0.2, 0) is 21.4 Å². The lowest BCUT2D eigenvalue weighted by Gasteiger charge is -2.20. The van der Waals surface area contributed by atoms with Crippen LogP contribution in [0.3, 0.4) is 0 Å². The number of benzene rings is 2. The second kappa shape index (κ2) is 9.23. The highest BCUT2D eigenvalue weighted by atomic mass is 32.2. The number of nitrogens with zero attached hydrogens (tertiary/aromatic N) is 1. The number of carbonyl (C=O) groups excluding carboxylic acids is 1. The molecule has 2 aromatic carbocycles. The maximum Gasteiger partial charge on any atom is 0.573 e. The molecule has 0 aliphatic heterocycles. The predicted octanol–water partition coefficient (Wildman–Crippen LogP) is 3.05. The molecule has 0 bridgehead atoms. The van der Waals surface area contributed by atoms with Crippen LogP contribution in [-0.4, -0.2) is 38.1 Å². The first-order valence-corrected chi connectivity index (χ1v) is 9.82. The van der Waals surface area contributed by atoms with Gasteiger partial charge in [-0.3, -0.25) is 4.79 Å². The Morgan fingerprint density at radius 1 is 1.14 bits per heavy atom. The Morgan fingerprint density at radius 2 is 1.79 bits per heavy atom. The molecule has 0 unspecified atom stereocenters. The van der Waals surface area contributed by atoms with E-state index in [-0.39, 0.29) is 13.1 Å². The summed E-state index contributed by atoms with van der Waals surface area (Å²) in [6, 6.07) is 9.31. The van der Waals surface area contributed by atoms with Crippen LogP contribution < -0.4 is 10.1 Å². The third kappa shape index (κ3) is 6.71. The SMILES string of the molecule is CCN(CC(=O)NCc1ccc(F)cc1)S(=O)(=O)c1cccc(OC(F)(F)F)c1. The van der Waals surface area contributed by atoms with Gasteiger partial charge in [0.05, 0.1) is 11.4 Å². The summed E-state index contributed by atoms with van der Waals surface area (Å²) in [5, 5.41) is 2.51. The number of amides is 1. The van der Waals surface area contributed by atoms with Crippen molar-refractivity contribution in [3.05, 3.63) is 59.9 Å². The maximum atomic E-state index is 12.9. The number of hydrogen-bond donors (Lipinski definition) is 1. The molecular formula is C18H18F4N2O4S. The fraction of sp³-hybridized carbons (Fsp3) is 0.278. The molecule has 0 saturated heterocycles. The van der Waals surface area contributed by atoms with Crippen molar-refractivity contribution in [3.8, 4) is 5.75 Å². The summed E-state index contributed by atoms with van der Waals surface area (Å²) in [6.45, 7) is 0.924. The van der Waals surface area contributed by atoms with Gasteiger partial charge in [0.15, 0.2) is 0 Å². The van der Waals surface area contributed by atoms with E-state index in [1.54, 1.807) is 0 Å². The quantitative estimate of drug-likeness (QED) is 0.648. The van der Waals surface area contributed by atoms with E-state index < -0.39 is 45.3 Å².